The maximum atomic E-state index is 12.4. The minimum absolute atomic E-state index is 0.0256. The second-order valence-corrected chi connectivity index (χ2v) is 7.19. The second-order valence-electron chi connectivity index (χ2n) is 5.47. The predicted molar refractivity (Wildman–Crippen MR) is 82.1 cm³/mol. The Balaban J connectivity index is 2.11. The van der Waals surface area contributed by atoms with E-state index in [0.717, 1.165) is 19.3 Å². The van der Waals surface area contributed by atoms with Crippen LogP contribution in [0.4, 0.5) is 0 Å². The maximum absolute atomic E-state index is 12.4. The quantitative estimate of drug-likeness (QED) is 0.838. The highest BCUT2D eigenvalue weighted by atomic mass is 32.2. The molecular weight excluding hydrogens is 286 g/mol. The van der Waals surface area contributed by atoms with Gasteiger partial charge in [0.1, 0.15) is 6.61 Å². The summed E-state index contributed by atoms with van der Waals surface area (Å²) in [6.45, 7) is 1.89. The molecule has 21 heavy (non-hydrogen) atoms. The lowest BCUT2D eigenvalue weighted by Crippen LogP contribution is -2.40. The van der Waals surface area contributed by atoms with E-state index in [1.807, 2.05) is 0 Å². The molecule has 2 N–H and O–H groups in total. The summed E-state index contributed by atoms with van der Waals surface area (Å²) < 4.78 is 27.6. The molecule has 1 aliphatic carbocycles. The average Bonchev–Trinajstić information content (AvgIpc) is 2.48. The number of hydrogen-bond donors (Lipinski definition) is 2. The fraction of sp³-hybridized carbons (Fsp3) is 0.500. The van der Waals surface area contributed by atoms with Crippen LogP contribution < -0.4 is 4.72 Å². The highest BCUT2D eigenvalue weighted by molar-refractivity contribution is 7.89. The van der Waals surface area contributed by atoms with Crippen LogP contribution in [0.2, 0.25) is 0 Å². The summed E-state index contributed by atoms with van der Waals surface area (Å²) in [6, 6.07) is 6.44. The van der Waals surface area contributed by atoms with Gasteiger partial charge >= 0.3 is 0 Å². The number of rotatable bonds is 3. The fourth-order valence-corrected chi connectivity index (χ4v) is 4.00. The van der Waals surface area contributed by atoms with E-state index in [9.17, 15) is 8.42 Å². The molecule has 1 saturated carbocycles. The number of aliphatic hydroxyl groups is 1. The molecule has 4 nitrogen and oxygen atoms in total. The minimum atomic E-state index is -3.48. The highest BCUT2D eigenvalue weighted by Crippen LogP contribution is 2.25. The Hall–Kier alpha value is -1.35. The van der Waals surface area contributed by atoms with Gasteiger partial charge in [-0.25, -0.2) is 13.1 Å². The van der Waals surface area contributed by atoms with Gasteiger partial charge in [0.05, 0.1) is 4.90 Å². The van der Waals surface area contributed by atoms with Gasteiger partial charge in [0.25, 0.3) is 0 Å². The molecule has 2 rings (SSSR count). The van der Waals surface area contributed by atoms with Gasteiger partial charge in [-0.1, -0.05) is 31.6 Å². The van der Waals surface area contributed by atoms with Gasteiger partial charge in [0.2, 0.25) is 10.0 Å². The zero-order chi connectivity index (χ0) is 15.3. The third-order valence-electron chi connectivity index (χ3n) is 3.89. The van der Waals surface area contributed by atoms with E-state index in [2.05, 4.69) is 23.5 Å². The van der Waals surface area contributed by atoms with Gasteiger partial charge in [-0.3, -0.25) is 0 Å². The van der Waals surface area contributed by atoms with Crippen LogP contribution in [-0.2, 0) is 10.0 Å². The first-order valence-corrected chi connectivity index (χ1v) is 8.73. The van der Waals surface area contributed by atoms with Gasteiger partial charge in [-0.2, -0.15) is 0 Å². The second kappa shape index (κ2) is 7.08. The third kappa shape index (κ3) is 4.31. The number of sulfonamides is 1. The van der Waals surface area contributed by atoms with Crippen molar-refractivity contribution in [3.63, 3.8) is 0 Å². The molecule has 0 aliphatic heterocycles. The molecule has 0 amide bonds. The standard InChI is InChI=1S/C16H21NO3S/c1-13-5-2-3-7-16(13)17-21(19,20)15-10-8-14(9-11-15)6-4-12-18/h8-11,13,16-18H,2-3,5,7,12H2,1H3. The molecule has 0 aromatic heterocycles. The molecule has 0 bridgehead atoms. The number of nitrogens with one attached hydrogen (secondary N) is 1. The van der Waals surface area contributed by atoms with E-state index >= 15 is 0 Å². The van der Waals surface area contributed by atoms with Gasteiger partial charge in [-0.15, -0.1) is 0 Å². The van der Waals surface area contributed by atoms with Crippen LogP contribution >= 0.6 is 0 Å². The van der Waals surface area contributed by atoms with Gasteiger partial charge < -0.3 is 5.11 Å². The summed E-state index contributed by atoms with van der Waals surface area (Å²) in [5, 5.41) is 8.64. The summed E-state index contributed by atoms with van der Waals surface area (Å²) in [6.07, 6.45) is 4.23. The molecule has 5 heteroatoms. The van der Waals surface area contributed by atoms with Crippen LogP contribution in [0.25, 0.3) is 0 Å². The van der Waals surface area contributed by atoms with E-state index in [4.69, 9.17) is 5.11 Å². The highest BCUT2D eigenvalue weighted by Gasteiger charge is 2.26. The smallest absolute Gasteiger partial charge is 0.240 e. The maximum Gasteiger partial charge on any atom is 0.240 e. The minimum Gasteiger partial charge on any atom is -0.384 e. The summed E-state index contributed by atoms with van der Waals surface area (Å²) in [5.74, 6) is 5.66. The topological polar surface area (TPSA) is 66.4 Å². The zero-order valence-corrected chi connectivity index (χ0v) is 13.0. The number of aliphatic hydroxyl groups excluding tert-OH is 1. The lowest BCUT2D eigenvalue weighted by molar-refractivity contribution is 0.310. The van der Waals surface area contributed by atoms with E-state index in [0.29, 0.717) is 11.5 Å². The zero-order valence-electron chi connectivity index (χ0n) is 12.2. The van der Waals surface area contributed by atoms with Crippen molar-refractivity contribution in [2.45, 2.75) is 43.5 Å². The Morgan fingerprint density at radius 1 is 1.24 bits per heavy atom. The Labute approximate surface area is 126 Å². The van der Waals surface area contributed by atoms with Crippen LogP contribution in [0.5, 0.6) is 0 Å². The Morgan fingerprint density at radius 2 is 1.90 bits per heavy atom. The third-order valence-corrected chi connectivity index (χ3v) is 5.40. The summed E-state index contributed by atoms with van der Waals surface area (Å²) in [4.78, 5) is 0.259. The van der Waals surface area contributed by atoms with Crippen molar-refractivity contribution in [1.29, 1.82) is 0 Å². The predicted octanol–water partition coefficient (Wildman–Crippen LogP) is 1.89. The van der Waals surface area contributed by atoms with Gasteiger partial charge in [0, 0.05) is 11.6 Å². The van der Waals surface area contributed by atoms with Crippen molar-refractivity contribution in [2.75, 3.05) is 6.61 Å². The Morgan fingerprint density at radius 3 is 2.52 bits per heavy atom. The van der Waals surface area contributed by atoms with Crippen molar-refractivity contribution in [3.8, 4) is 11.8 Å². The first-order valence-electron chi connectivity index (χ1n) is 7.25. The lowest BCUT2D eigenvalue weighted by Gasteiger charge is -2.29. The summed E-state index contributed by atoms with van der Waals surface area (Å²) in [5.41, 5.74) is 0.689. The lowest BCUT2D eigenvalue weighted by atomic mass is 9.87. The first kappa shape index (κ1) is 16.0. The molecule has 1 aromatic carbocycles. The normalized spacial score (nSPS) is 22.4. The van der Waals surface area contributed by atoms with Gasteiger partial charge in [-0.05, 0) is 43.0 Å². The molecular formula is C16H21NO3S. The van der Waals surface area contributed by atoms with Crippen LogP contribution in [0.15, 0.2) is 29.2 Å². The van der Waals surface area contributed by atoms with E-state index in [-0.39, 0.29) is 17.5 Å². The molecule has 0 radical (unpaired) electrons. The van der Waals surface area contributed by atoms with E-state index in [1.54, 1.807) is 24.3 Å². The monoisotopic (exact) mass is 307 g/mol. The molecule has 1 aliphatic rings. The van der Waals surface area contributed by atoms with Crippen molar-refractivity contribution in [1.82, 2.24) is 4.72 Å². The molecule has 0 heterocycles. The molecule has 114 valence electrons. The van der Waals surface area contributed by atoms with E-state index < -0.39 is 10.0 Å². The molecule has 2 atom stereocenters. The Kier molecular flexibility index (Phi) is 5.40. The van der Waals surface area contributed by atoms with Crippen molar-refractivity contribution in [2.24, 2.45) is 5.92 Å². The largest absolute Gasteiger partial charge is 0.384 e. The molecule has 0 spiro atoms. The average molecular weight is 307 g/mol. The van der Waals surface area contributed by atoms with Gasteiger partial charge in [0.15, 0.2) is 0 Å². The van der Waals surface area contributed by atoms with Crippen LogP contribution in [0.3, 0.4) is 0 Å². The van der Waals surface area contributed by atoms with Crippen molar-refractivity contribution < 1.29 is 13.5 Å². The number of hydrogen-bond acceptors (Lipinski definition) is 3. The van der Waals surface area contributed by atoms with Crippen LogP contribution in [0.1, 0.15) is 38.2 Å². The molecule has 0 saturated heterocycles. The fourth-order valence-electron chi connectivity index (χ4n) is 2.62. The van der Waals surface area contributed by atoms with Crippen molar-refractivity contribution >= 4 is 10.0 Å². The van der Waals surface area contributed by atoms with Crippen molar-refractivity contribution in [3.05, 3.63) is 29.8 Å². The molecule has 2 unspecified atom stereocenters. The van der Waals surface area contributed by atoms with E-state index in [1.165, 1.54) is 6.42 Å². The molecule has 1 aromatic rings. The van der Waals surface area contributed by atoms with Crippen LogP contribution in [0, 0.1) is 17.8 Å². The number of benzene rings is 1. The molecule has 1 fully saturated rings. The van der Waals surface area contributed by atoms with Crippen LogP contribution in [-0.4, -0.2) is 26.2 Å². The summed E-state index contributed by atoms with van der Waals surface area (Å²) >= 11 is 0. The Bertz CT molecular complexity index is 626. The first-order chi connectivity index (χ1) is 10.0. The SMILES string of the molecule is CC1CCCCC1NS(=O)(=O)c1ccc(C#CCO)cc1. The summed E-state index contributed by atoms with van der Waals surface area (Å²) in [7, 11) is -3.48.